The molecule has 20 heavy (non-hydrogen) atoms. The van der Waals surface area contributed by atoms with Crippen molar-refractivity contribution in [2.75, 3.05) is 19.8 Å². The third-order valence-corrected chi connectivity index (χ3v) is 6.28. The van der Waals surface area contributed by atoms with Gasteiger partial charge in [0.05, 0.1) is 13.2 Å². The summed E-state index contributed by atoms with van der Waals surface area (Å²) < 4.78 is 0. The van der Waals surface area contributed by atoms with E-state index in [9.17, 15) is 10.2 Å². The van der Waals surface area contributed by atoms with Crippen LogP contribution in [0.25, 0.3) is 0 Å². The Hall–Kier alpha value is -0.120. The normalized spacial score (nSPS) is 47.0. The second-order valence-electron chi connectivity index (χ2n) is 9.39. The van der Waals surface area contributed by atoms with Gasteiger partial charge in [0.15, 0.2) is 0 Å². The Labute approximate surface area is 123 Å². The van der Waals surface area contributed by atoms with Crippen LogP contribution in [0.2, 0.25) is 0 Å². The van der Waals surface area contributed by atoms with Crippen LogP contribution in [0.3, 0.4) is 0 Å². The first-order valence-corrected chi connectivity index (χ1v) is 8.20. The number of hydrogen-bond donors (Lipinski definition) is 3. The van der Waals surface area contributed by atoms with Crippen molar-refractivity contribution in [3.05, 3.63) is 0 Å². The molecule has 3 nitrogen and oxygen atoms in total. The van der Waals surface area contributed by atoms with E-state index in [0.29, 0.717) is 10.8 Å². The fourth-order valence-electron chi connectivity index (χ4n) is 6.21. The molecular formula is C17H31NO2. The zero-order valence-electron chi connectivity index (χ0n) is 13.3. The Morgan fingerprint density at radius 2 is 1.55 bits per heavy atom. The molecule has 0 heterocycles. The lowest BCUT2D eigenvalue weighted by atomic mass is 9.42. The molecular weight excluding hydrogens is 250 g/mol. The molecule has 0 aromatic carbocycles. The molecule has 3 heteroatoms. The SMILES string of the molecule is CC(CO)(CO)CNC12CC3CC(C)(CC(C)(C3)C1)C2. The quantitative estimate of drug-likeness (QED) is 0.725. The van der Waals surface area contributed by atoms with Crippen LogP contribution in [0.5, 0.6) is 0 Å². The number of aliphatic hydroxyl groups excluding tert-OH is 2. The lowest BCUT2D eigenvalue weighted by molar-refractivity contribution is -0.121. The van der Waals surface area contributed by atoms with E-state index in [0.717, 1.165) is 12.5 Å². The van der Waals surface area contributed by atoms with Gasteiger partial charge in [-0.05, 0) is 55.3 Å². The minimum absolute atomic E-state index is 0.0462. The van der Waals surface area contributed by atoms with Crippen LogP contribution in [0.15, 0.2) is 0 Å². The Morgan fingerprint density at radius 1 is 1.00 bits per heavy atom. The van der Waals surface area contributed by atoms with Crippen molar-refractivity contribution < 1.29 is 10.2 Å². The van der Waals surface area contributed by atoms with Gasteiger partial charge in [-0.2, -0.15) is 0 Å². The number of nitrogens with one attached hydrogen (secondary N) is 1. The number of hydrogen-bond acceptors (Lipinski definition) is 3. The molecule has 2 unspecified atom stereocenters. The number of rotatable bonds is 5. The van der Waals surface area contributed by atoms with Crippen LogP contribution in [-0.4, -0.2) is 35.5 Å². The van der Waals surface area contributed by atoms with Gasteiger partial charge in [-0.3, -0.25) is 0 Å². The first kappa shape index (κ1) is 14.8. The van der Waals surface area contributed by atoms with Gasteiger partial charge in [-0.25, -0.2) is 0 Å². The van der Waals surface area contributed by atoms with E-state index in [2.05, 4.69) is 19.2 Å². The van der Waals surface area contributed by atoms with Crippen molar-refractivity contribution in [1.29, 1.82) is 0 Å². The summed E-state index contributed by atoms with van der Waals surface area (Å²) in [5.41, 5.74) is 0.881. The van der Waals surface area contributed by atoms with E-state index < -0.39 is 5.41 Å². The van der Waals surface area contributed by atoms with E-state index in [1.54, 1.807) is 0 Å². The van der Waals surface area contributed by atoms with Crippen molar-refractivity contribution in [2.45, 2.75) is 64.8 Å². The molecule has 4 bridgehead atoms. The summed E-state index contributed by atoms with van der Waals surface area (Å²) in [6.45, 7) is 7.73. The molecule has 0 amide bonds. The van der Waals surface area contributed by atoms with Gasteiger partial charge < -0.3 is 15.5 Å². The minimum Gasteiger partial charge on any atom is -0.396 e. The maximum atomic E-state index is 9.50. The average molecular weight is 281 g/mol. The Bertz CT molecular complexity index is 372. The van der Waals surface area contributed by atoms with Crippen molar-refractivity contribution in [1.82, 2.24) is 5.32 Å². The number of aliphatic hydroxyl groups is 2. The van der Waals surface area contributed by atoms with Gasteiger partial charge in [-0.15, -0.1) is 0 Å². The summed E-state index contributed by atoms with van der Waals surface area (Å²) in [7, 11) is 0. The first-order chi connectivity index (χ1) is 9.24. The highest BCUT2D eigenvalue weighted by Crippen LogP contribution is 2.66. The molecule has 4 saturated carbocycles. The largest absolute Gasteiger partial charge is 0.396 e. The topological polar surface area (TPSA) is 52.5 Å². The van der Waals surface area contributed by atoms with Gasteiger partial charge in [-0.1, -0.05) is 20.8 Å². The molecule has 4 rings (SSSR count). The predicted octanol–water partition coefficient (Wildman–Crippen LogP) is 2.32. The predicted molar refractivity (Wildman–Crippen MR) is 80.4 cm³/mol. The summed E-state index contributed by atoms with van der Waals surface area (Å²) in [6.07, 6.45) is 8.05. The fourth-order valence-corrected chi connectivity index (χ4v) is 6.21. The molecule has 0 radical (unpaired) electrons. The molecule has 0 aromatic heterocycles. The standard InChI is InChI=1S/C17H31NO2/c1-14-4-13-5-15(2,7-14)9-17(6-13,8-14)18-10-16(3,11-19)12-20/h13,18-20H,4-12H2,1-3H3. The second-order valence-corrected chi connectivity index (χ2v) is 9.39. The average Bonchev–Trinajstić information content (AvgIpc) is 2.32. The molecule has 0 aliphatic heterocycles. The third kappa shape index (κ3) is 2.42. The fraction of sp³-hybridized carbons (Fsp3) is 1.00. The van der Waals surface area contributed by atoms with Crippen molar-refractivity contribution in [3.63, 3.8) is 0 Å². The first-order valence-electron chi connectivity index (χ1n) is 8.20. The minimum atomic E-state index is -0.398. The summed E-state index contributed by atoms with van der Waals surface area (Å²) in [5, 5.41) is 22.8. The molecule has 0 spiro atoms. The Kier molecular flexibility index (Phi) is 3.28. The highest BCUT2D eigenvalue weighted by Gasteiger charge is 2.60. The van der Waals surface area contributed by atoms with Crippen LogP contribution < -0.4 is 5.32 Å². The van der Waals surface area contributed by atoms with E-state index in [4.69, 9.17) is 0 Å². The van der Waals surface area contributed by atoms with Gasteiger partial charge >= 0.3 is 0 Å². The Balaban J connectivity index is 1.76. The van der Waals surface area contributed by atoms with Crippen LogP contribution in [0, 0.1) is 22.2 Å². The lowest BCUT2D eigenvalue weighted by Gasteiger charge is -2.66. The molecule has 4 aliphatic carbocycles. The maximum Gasteiger partial charge on any atom is 0.0519 e. The molecule has 2 atom stereocenters. The van der Waals surface area contributed by atoms with E-state index >= 15 is 0 Å². The summed E-state index contributed by atoms with van der Waals surface area (Å²) in [6, 6.07) is 0. The summed E-state index contributed by atoms with van der Waals surface area (Å²) in [4.78, 5) is 0. The van der Waals surface area contributed by atoms with Crippen LogP contribution in [-0.2, 0) is 0 Å². The lowest BCUT2D eigenvalue weighted by Crippen LogP contribution is -2.65. The van der Waals surface area contributed by atoms with E-state index in [-0.39, 0.29) is 18.8 Å². The van der Waals surface area contributed by atoms with Crippen molar-refractivity contribution in [3.8, 4) is 0 Å². The summed E-state index contributed by atoms with van der Waals surface area (Å²) >= 11 is 0. The van der Waals surface area contributed by atoms with Crippen molar-refractivity contribution in [2.24, 2.45) is 22.2 Å². The smallest absolute Gasteiger partial charge is 0.0519 e. The van der Waals surface area contributed by atoms with Gasteiger partial charge in [0.1, 0.15) is 0 Å². The van der Waals surface area contributed by atoms with Crippen LogP contribution in [0.4, 0.5) is 0 Å². The highest BCUT2D eigenvalue weighted by molar-refractivity contribution is 5.14. The zero-order chi connectivity index (χ0) is 14.6. The molecule has 0 saturated heterocycles. The molecule has 116 valence electrons. The van der Waals surface area contributed by atoms with Gasteiger partial charge in [0.2, 0.25) is 0 Å². The highest BCUT2D eigenvalue weighted by atomic mass is 16.3. The van der Waals surface area contributed by atoms with Crippen LogP contribution in [0.1, 0.15) is 59.3 Å². The summed E-state index contributed by atoms with van der Waals surface area (Å²) in [5.74, 6) is 0.878. The van der Waals surface area contributed by atoms with Gasteiger partial charge in [0, 0.05) is 17.5 Å². The zero-order valence-corrected chi connectivity index (χ0v) is 13.3. The molecule has 4 fully saturated rings. The van der Waals surface area contributed by atoms with Gasteiger partial charge in [0.25, 0.3) is 0 Å². The van der Waals surface area contributed by atoms with E-state index in [1.807, 2.05) is 6.92 Å². The van der Waals surface area contributed by atoms with Crippen LogP contribution >= 0.6 is 0 Å². The van der Waals surface area contributed by atoms with E-state index in [1.165, 1.54) is 38.5 Å². The second kappa shape index (κ2) is 4.44. The molecule has 0 aromatic rings. The Morgan fingerprint density at radius 3 is 2.00 bits per heavy atom. The molecule has 3 N–H and O–H groups in total. The van der Waals surface area contributed by atoms with Crippen molar-refractivity contribution >= 4 is 0 Å². The maximum absolute atomic E-state index is 9.50. The monoisotopic (exact) mass is 281 g/mol. The molecule has 4 aliphatic rings. The third-order valence-electron chi connectivity index (χ3n) is 6.28.